The topological polar surface area (TPSA) is 118 Å². The van der Waals surface area contributed by atoms with Crippen molar-refractivity contribution in [3.05, 3.63) is 42.7 Å². The van der Waals surface area contributed by atoms with Crippen molar-refractivity contribution in [3.8, 4) is 0 Å². The minimum atomic E-state index is -0.703. The summed E-state index contributed by atoms with van der Waals surface area (Å²) in [7, 11) is 0. The van der Waals surface area contributed by atoms with E-state index < -0.39 is 11.2 Å². The van der Waals surface area contributed by atoms with Gasteiger partial charge in [-0.2, -0.15) is 0 Å². The van der Waals surface area contributed by atoms with Crippen LogP contribution in [0.2, 0.25) is 0 Å². The molecule has 0 unspecified atom stereocenters. The van der Waals surface area contributed by atoms with Crippen LogP contribution in [0.5, 0.6) is 0 Å². The van der Waals surface area contributed by atoms with Crippen molar-refractivity contribution in [1.29, 1.82) is 0 Å². The summed E-state index contributed by atoms with van der Waals surface area (Å²) < 4.78 is 1.27. The van der Waals surface area contributed by atoms with Crippen LogP contribution in [0.3, 0.4) is 0 Å². The molecule has 0 saturated heterocycles. The number of hydrogen-bond acceptors (Lipinski definition) is 6. The van der Waals surface area contributed by atoms with Gasteiger partial charge in [0.05, 0.1) is 4.88 Å². The number of anilines is 2. The highest BCUT2D eigenvalue weighted by molar-refractivity contribution is 7.14. The number of nitrogens with zero attached hydrogens (tertiary/aromatic N) is 2. The number of Topliss-reactive ketones (excluding diaryl/α,β-unsaturated/α-hetero) is 1. The lowest BCUT2D eigenvalue weighted by Crippen LogP contribution is -2.41. The smallest absolute Gasteiger partial charge is 0.330 e. The summed E-state index contributed by atoms with van der Waals surface area (Å²) in [5, 5.41) is 0. The Bertz CT molecular complexity index is 973. The van der Waals surface area contributed by atoms with E-state index in [1.165, 1.54) is 20.8 Å². The fraction of sp³-hybridized carbons (Fsp3) is 0.474. The SMILES string of the molecule is CCCCn1c(N)c(N(CC)C(=O)CCC(=O)c2ccc(C)s2)c(=O)[nH]c1=O. The second-order valence-corrected chi connectivity index (χ2v) is 7.76. The molecule has 0 fully saturated rings. The summed E-state index contributed by atoms with van der Waals surface area (Å²) in [6, 6.07) is 3.61. The van der Waals surface area contributed by atoms with E-state index in [2.05, 4.69) is 4.98 Å². The van der Waals surface area contributed by atoms with E-state index in [1.54, 1.807) is 13.0 Å². The van der Waals surface area contributed by atoms with E-state index >= 15 is 0 Å². The second-order valence-electron chi connectivity index (χ2n) is 6.47. The number of hydrogen-bond donors (Lipinski definition) is 2. The minimum Gasteiger partial charge on any atom is -0.383 e. The number of aromatic nitrogens is 2. The molecule has 0 aromatic carbocycles. The van der Waals surface area contributed by atoms with Crippen molar-refractivity contribution in [2.45, 2.75) is 53.0 Å². The van der Waals surface area contributed by atoms with Crippen LogP contribution in [0.4, 0.5) is 11.5 Å². The van der Waals surface area contributed by atoms with Crippen molar-refractivity contribution < 1.29 is 9.59 Å². The summed E-state index contributed by atoms with van der Waals surface area (Å²) >= 11 is 1.39. The first-order chi connectivity index (χ1) is 13.3. The third-order valence-electron chi connectivity index (χ3n) is 4.42. The zero-order chi connectivity index (χ0) is 20.8. The van der Waals surface area contributed by atoms with Crippen molar-refractivity contribution in [3.63, 3.8) is 0 Å². The number of thiophene rings is 1. The highest BCUT2D eigenvalue weighted by Gasteiger charge is 2.23. The molecule has 28 heavy (non-hydrogen) atoms. The van der Waals surface area contributed by atoms with Crippen molar-refractivity contribution >= 4 is 34.5 Å². The van der Waals surface area contributed by atoms with Gasteiger partial charge >= 0.3 is 5.69 Å². The summed E-state index contributed by atoms with van der Waals surface area (Å²) in [6.45, 7) is 6.15. The maximum absolute atomic E-state index is 12.7. The van der Waals surface area contributed by atoms with E-state index in [0.29, 0.717) is 17.8 Å². The molecule has 2 rings (SSSR count). The van der Waals surface area contributed by atoms with Gasteiger partial charge in [-0.15, -0.1) is 11.3 Å². The van der Waals surface area contributed by atoms with Gasteiger partial charge in [-0.3, -0.25) is 23.9 Å². The van der Waals surface area contributed by atoms with Crippen LogP contribution in [0.25, 0.3) is 0 Å². The Balaban J connectivity index is 2.24. The predicted octanol–water partition coefficient (Wildman–Crippen LogP) is 2.30. The van der Waals surface area contributed by atoms with E-state index in [1.807, 2.05) is 19.9 Å². The molecule has 0 aliphatic heterocycles. The summed E-state index contributed by atoms with van der Waals surface area (Å²) in [5.41, 5.74) is 4.74. The van der Waals surface area contributed by atoms with Gasteiger partial charge in [0.1, 0.15) is 5.82 Å². The van der Waals surface area contributed by atoms with E-state index in [-0.39, 0.29) is 42.6 Å². The van der Waals surface area contributed by atoms with E-state index in [9.17, 15) is 19.2 Å². The molecule has 2 aromatic heterocycles. The minimum absolute atomic E-state index is 0.0300. The molecule has 0 atom stereocenters. The molecule has 8 nitrogen and oxygen atoms in total. The Morgan fingerprint density at radius 2 is 1.93 bits per heavy atom. The van der Waals surface area contributed by atoms with Gasteiger partial charge in [0.2, 0.25) is 5.91 Å². The molecular weight excluding hydrogens is 380 g/mol. The van der Waals surface area contributed by atoms with Gasteiger partial charge in [-0.05, 0) is 32.4 Å². The average molecular weight is 407 g/mol. The van der Waals surface area contributed by atoms with Crippen molar-refractivity contribution in [1.82, 2.24) is 9.55 Å². The molecule has 152 valence electrons. The molecule has 2 heterocycles. The molecule has 0 aliphatic rings. The molecule has 0 spiro atoms. The normalized spacial score (nSPS) is 10.8. The molecule has 2 aromatic rings. The number of amides is 1. The van der Waals surface area contributed by atoms with Crippen molar-refractivity contribution in [2.75, 3.05) is 17.2 Å². The Morgan fingerprint density at radius 3 is 2.50 bits per heavy atom. The van der Waals surface area contributed by atoms with E-state index in [4.69, 9.17) is 5.73 Å². The number of ketones is 1. The molecule has 3 N–H and O–H groups in total. The molecule has 0 aliphatic carbocycles. The third kappa shape index (κ3) is 4.78. The Kier molecular flexibility index (Phi) is 7.33. The van der Waals surface area contributed by atoms with Gasteiger partial charge in [0.15, 0.2) is 11.5 Å². The van der Waals surface area contributed by atoms with Crippen LogP contribution in [0.1, 0.15) is 54.1 Å². The predicted molar refractivity (Wildman–Crippen MR) is 111 cm³/mol. The van der Waals surface area contributed by atoms with Gasteiger partial charge in [-0.1, -0.05) is 13.3 Å². The number of H-pyrrole nitrogens is 1. The number of unbranched alkanes of at least 4 members (excludes halogenated alkanes) is 1. The zero-order valence-corrected chi connectivity index (χ0v) is 17.2. The number of nitrogens with two attached hydrogens (primary N) is 1. The van der Waals surface area contributed by atoms with Gasteiger partial charge in [-0.25, -0.2) is 4.79 Å². The number of carbonyl (C=O) groups is 2. The number of aryl methyl sites for hydroxylation is 1. The van der Waals surface area contributed by atoms with E-state index in [0.717, 1.165) is 11.3 Å². The third-order valence-corrected chi connectivity index (χ3v) is 5.46. The first kappa shape index (κ1) is 21.6. The highest BCUT2D eigenvalue weighted by Crippen LogP contribution is 2.20. The first-order valence-corrected chi connectivity index (χ1v) is 10.1. The number of aromatic amines is 1. The fourth-order valence-electron chi connectivity index (χ4n) is 2.90. The van der Waals surface area contributed by atoms with Crippen LogP contribution in [0.15, 0.2) is 21.7 Å². The highest BCUT2D eigenvalue weighted by atomic mass is 32.1. The monoisotopic (exact) mass is 406 g/mol. The lowest BCUT2D eigenvalue weighted by Gasteiger charge is -2.23. The number of carbonyl (C=O) groups excluding carboxylic acids is 2. The van der Waals surface area contributed by atoms with Gasteiger partial charge < -0.3 is 10.6 Å². The Morgan fingerprint density at radius 1 is 1.21 bits per heavy atom. The molecular formula is C19H26N4O4S. The largest absolute Gasteiger partial charge is 0.383 e. The van der Waals surface area contributed by atoms with Crippen LogP contribution in [0, 0.1) is 6.92 Å². The number of rotatable bonds is 9. The van der Waals surface area contributed by atoms with Crippen LogP contribution in [-0.2, 0) is 11.3 Å². The standard InChI is InChI=1S/C19H26N4O4S/c1-4-6-11-23-17(20)16(18(26)21-19(23)27)22(5-2)15(25)10-8-13(24)14-9-7-12(3)28-14/h7,9H,4-6,8,10-11,20H2,1-3H3,(H,21,26,27). The van der Waals surface area contributed by atoms with Gasteiger partial charge in [0.25, 0.3) is 5.56 Å². The number of nitrogens with one attached hydrogen (secondary N) is 1. The number of nitrogen functional groups attached to an aromatic ring is 1. The van der Waals surface area contributed by atoms with Crippen LogP contribution >= 0.6 is 11.3 Å². The summed E-state index contributed by atoms with van der Waals surface area (Å²) in [4.78, 5) is 54.5. The average Bonchev–Trinajstić information content (AvgIpc) is 3.09. The molecule has 0 radical (unpaired) electrons. The lowest BCUT2D eigenvalue weighted by molar-refractivity contribution is -0.118. The first-order valence-electron chi connectivity index (χ1n) is 9.32. The van der Waals surface area contributed by atoms with Crippen LogP contribution < -0.4 is 21.9 Å². The maximum atomic E-state index is 12.7. The summed E-state index contributed by atoms with van der Waals surface area (Å²) in [6.07, 6.45) is 1.56. The lowest BCUT2D eigenvalue weighted by atomic mass is 10.1. The zero-order valence-electron chi connectivity index (χ0n) is 16.4. The molecule has 9 heteroatoms. The Hall–Kier alpha value is -2.68. The summed E-state index contributed by atoms with van der Waals surface area (Å²) in [5.74, 6) is -0.531. The maximum Gasteiger partial charge on any atom is 0.330 e. The van der Waals surface area contributed by atoms with Crippen LogP contribution in [-0.4, -0.2) is 27.8 Å². The van der Waals surface area contributed by atoms with Gasteiger partial charge in [0, 0.05) is 30.8 Å². The van der Waals surface area contributed by atoms with Crippen molar-refractivity contribution in [2.24, 2.45) is 0 Å². The quantitative estimate of drug-likeness (QED) is 0.620. The fourth-order valence-corrected chi connectivity index (χ4v) is 3.73. The Labute approximate surface area is 167 Å². The molecule has 1 amide bonds. The molecule has 0 saturated carbocycles. The molecule has 0 bridgehead atoms. The second kappa shape index (κ2) is 9.50.